The highest BCUT2D eigenvalue weighted by Crippen LogP contribution is 2.46. The molecule has 0 radical (unpaired) electrons. The number of oxazole rings is 1. The predicted octanol–water partition coefficient (Wildman–Crippen LogP) is 17.1. The van der Waals surface area contributed by atoms with Crippen molar-refractivity contribution in [3.05, 3.63) is 144 Å². The molecule has 4 aromatic carbocycles. The van der Waals surface area contributed by atoms with Gasteiger partial charge in [0.2, 0.25) is 21.3 Å². The fraction of sp³-hybridized carbons (Fsp3) is 0.410. The quantitative estimate of drug-likeness (QED) is 0.0601. The van der Waals surface area contributed by atoms with Gasteiger partial charge in [-0.2, -0.15) is 15.3 Å². The van der Waals surface area contributed by atoms with Crippen molar-refractivity contribution in [1.29, 1.82) is 0 Å². The number of anilines is 3. The minimum absolute atomic E-state index is 0.0315. The smallest absolute Gasteiger partial charge is 0.226 e. The molecule has 5 N–H and O–H groups in total. The molecule has 3 aliphatic heterocycles. The monoisotopic (exact) mass is 1550 g/mol. The first kappa shape index (κ1) is 76.7. The van der Waals surface area contributed by atoms with Crippen molar-refractivity contribution in [2.24, 2.45) is 7.05 Å². The Morgan fingerprint density at radius 1 is 0.602 bits per heavy atom. The van der Waals surface area contributed by atoms with E-state index >= 15 is 0 Å². The van der Waals surface area contributed by atoms with Crippen molar-refractivity contribution in [1.82, 2.24) is 85.7 Å². The number of halogens is 1. The minimum atomic E-state index is 0.0315. The van der Waals surface area contributed by atoms with Gasteiger partial charge in [-0.25, -0.2) is 14.3 Å². The van der Waals surface area contributed by atoms with Crippen molar-refractivity contribution < 1.29 is 24.1 Å². The van der Waals surface area contributed by atoms with E-state index < -0.39 is 0 Å². The number of hydrogen-bond donors (Lipinski definition) is 5. The summed E-state index contributed by atoms with van der Waals surface area (Å²) in [7, 11) is 7.21. The number of nitrogens with zero attached hydrogens (tertiary/aromatic N) is 17. The summed E-state index contributed by atoms with van der Waals surface area (Å²) in [5.74, 6) is 2.64. The molecule has 0 atom stereocenters. The van der Waals surface area contributed by atoms with Crippen LogP contribution in [0.2, 0.25) is 5.02 Å². The van der Waals surface area contributed by atoms with E-state index in [4.69, 9.17) is 25.5 Å². The van der Waals surface area contributed by atoms with Gasteiger partial charge in [-0.15, -0.1) is 40.8 Å². The second-order valence-corrected chi connectivity index (χ2v) is 34.5. The third kappa shape index (κ3) is 18.6. The number of aromatic hydroxyl groups is 2. The number of aromatic nitrogens is 15. The molecule has 0 spiro atoms. The van der Waals surface area contributed by atoms with Crippen LogP contribution in [0.25, 0.3) is 81.8 Å². The predicted molar refractivity (Wildman–Crippen MR) is 433 cm³/mol. The molecule has 4 aliphatic rings. The van der Waals surface area contributed by atoms with Gasteiger partial charge in [-0.3, -0.25) is 4.68 Å². The maximum Gasteiger partial charge on any atom is 0.226 e. The molecular weight excluding hydrogens is 1460 g/mol. The van der Waals surface area contributed by atoms with E-state index in [1.807, 2.05) is 104 Å². The second kappa shape index (κ2) is 32.8. The zero-order chi connectivity index (χ0) is 76.1. The molecule has 0 bridgehead atoms. The van der Waals surface area contributed by atoms with Gasteiger partial charge >= 0.3 is 0 Å². The Balaban J connectivity index is 0.000000128. The SMILES string of the molecule is COc1cc(-c2ncc(C)o2)cc(O)c1-c1nnc(N(C)C2CC(C)(C)NC(C)(C)C2)s1.COc1cc(-n2cccn2)ccc1-c1nnc(C2=CCCCC2)s1.Cn1cc(-c2ccc(-c3nnc(NC4CC(C)(C)NC(C)(C)C4)s3)c(Cl)c2)cn1.Oc1cc(-n2cccn2)ccc1-c1nnc(N2CCCCC2)s1. The van der Waals surface area contributed by atoms with Gasteiger partial charge in [-0.1, -0.05) is 69.1 Å². The Kier molecular flexibility index (Phi) is 23.3. The molecule has 30 heteroatoms. The lowest BCUT2D eigenvalue weighted by Crippen LogP contribution is -2.61. The first-order valence-electron chi connectivity index (χ1n) is 36.3. The fourth-order valence-corrected chi connectivity index (χ4v) is 18.9. The van der Waals surface area contributed by atoms with Crippen LogP contribution in [-0.4, -0.2) is 154 Å². The van der Waals surface area contributed by atoms with E-state index in [1.165, 1.54) is 60.4 Å². The first-order chi connectivity index (χ1) is 51.7. The summed E-state index contributed by atoms with van der Waals surface area (Å²) in [6.07, 6.45) is 27.5. The van der Waals surface area contributed by atoms with E-state index in [0.717, 1.165) is 126 Å². The zero-order valence-electron chi connectivity index (χ0n) is 63.2. The minimum Gasteiger partial charge on any atom is -0.507 e. The lowest BCUT2D eigenvalue weighted by Gasteiger charge is -2.48. The molecule has 566 valence electrons. The average molecular weight is 1550 g/mol. The number of aryl methyl sites for hydroxylation is 2. The van der Waals surface area contributed by atoms with Crippen molar-refractivity contribution in [3.8, 4) is 99.2 Å². The van der Waals surface area contributed by atoms with Gasteiger partial charge in [0, 0.05) is 121 Å². The molecule has 0 amide bonds. The molecule has 108 heavy (non-hydrogen) atoms. The maximum atomic E-state index is 10.8. The van der Waals surface area contributed by atoms with Gasteiger partial charge in [0.15, 0.2) is 20.0 Å². The first-order valence-corrected chi connectivity index (χ1v) is 39.9. The molecule has 8 aromatic heterocycles. The molecule has 0 unspecified atom stereocenters. The van der Waals surface area contributed by atoms with Gasteiger partial charge in [0.05, 0.1) is 59.7 Å². The zero-order valence-corrected chi connectivity index (χ0v) is 67.2. The Labute approximate surface area is 650 Å². The van der Waals surface area contributed by atoms with Gasteiger partial charge in [-0.05, 0) is 205 Å². The number of phenols is 2. The Morgan fingerprint density at radius 3 is 1.85 bits per heavy atom. The summed E-state index contributed by atoms with van der Waals surface area (Å²) in [6.45, 7) is 21.8. The molecule has 16 rings (SSSR count). The summed E-state index contributed by atoms with van der Waals surface area (Å²) in [4.78, 5) is 8.72. The van der Waals surface area contributed by atoms with Crippen LogP contribution >= 0.6 is 56.9 Å². The number of ether oxygens (including phenoxy) is 2. The highest BCUT2D eigenvalue weighted by molar-refractivity contribution is 7.19. The third-order valence-corrected chi connectivity index (χ3v) is 23.5. The third-order valence-electron chi connectivity index (χ3n) is 19.2. The normalized spacial score (nSPS) is 16.8. The number of hydrogen-bond acceptors (Lipinski definition) is 26. The maximum absolute atomic E-state index is 10.8. The number of rotatable bonds is 16. The van der Waals surface area contributed by atoms with Crippen LogP contribution < -0.4 is 35.2 Å². The Morgan fingerprint density at radius 2 is 1.23 bits per heavy atom. The summed E-state index contributed by atoms with van der Waals surface area (Å²) >= 11 is 12.7. The molecule has 3 fully saturated rings. The summed E-state index contributed by atoms with van der Waals surface area (Å²) < 4.78 is 22.0. The van der Waals surface area contributed by atoms with E-state index in [1.54, 1.807) is 83.0 Å². The molecule has 0 saturated carbocycles. The van der Waals surface area contributed by atoms with Crippen LogP contribution in [0.1, 0.15) is 137 Å². The standard InChI is InChI=1S/C23H31N5O3S.C21H27ClN6S.C18H18N4OS.C16H17N5OS/c1-13-12-24-19(31-13)14-8-16(29)18(17(9-14)30-7)20-25-26-21(32-20)28(6)15-10-22(2,3)27-23(4,5)11-15;1-20(2)9-15(10-21(3,4)27-20)24-19-26-25-18(29-19)16-7-6-13(8-17(16)22)14-11-23-28(5)12-14;1-23-16-12-14(22-11-5-10-19-22)8-9-15(16)18-21-20-17(24-18)13-6-3-2-4-7-13;22-14-11-12(21-10-4-7-17-21)5-6-13(14)15-18-19-16(23-15)20-8-2-1-3-9-20/h8-9,12,15,27,29H,10-11H2,1-7H3;6-8,11-12,15,27H,9-10H2,1-5H3,(H,24,26);5-6,8-12H,2-4,7H2,1H3;4-7,10-11,22H,1-3,8-9H2. The largest absolute Gasteiger partial charge is 0.507 e. The number of piperidine rings is 3. The molecule has 1 aliphatic carbocycles. The van der Waals surface area contributed by atoms with Crippen molar-refractivity contribution in [3.63, 3.8) is 0 Å². The molecule has 11 heterocycles. The van der Waals surface area contributed by atoms with Crippen molar-refractivity contribution >= 4 is 77.9 Å². The van der Waals surface area contributed by atoms with Crippen molar-refractivity contribution in [2.75, 3.05) is 49.5 Å². The van der Waals surface area contributed by atoms with Crippen LogP contribution in [0, 0.1) is 6.92 Å². The van der Waals surface area contributed by atoms with Crippen LogP contribution in [0.15, 0.2) is 133 Å². The van der Waals surface area contributed by atoms with E-state index in [-0.39, 0.29) is 33.7 Å². The van der Waals surface area contributed by atoms with Crippen LogP contribution in [-0.2, 0) is 7.05 Å². The number of allylic oxidation sites excluding steroid dienone is 2. The molecule has 3 saturated heterocycles. The fourth-order valence-electron chi connectivity index (χ4n) is 14.9. The van der Waals surface area contributed by atoms with Gasteiger partial charge in [0.25, 0.3) is 0 Å². The molecule has 12 aromatic rings. The van der Waals surface area contributed by atoms with E-state index in [9.17, 15) is 10.2 Å². The number of methoxy groups -OCH3 is 2. The molecular formula is C78H93ClN20O5S4. The van der Waals surface area contributed by atoms with Crippen LogP contribution in [0.4, 0.5) is 15.4 Å². The Hall–Kier alpha value is -9.49. The lowest BCUT2D eigenvalue weighted by molar-refractivity contribution is 0.161. The average Bonchev–Trinajstić information content (AvgIpc) is 1.38. The van der Waals surface area contributed by atoms with Gasteiger partial charge < -0.3 is 49.9 Å². The summed E-state index contributed by atoms with van der Waals surface area (Å²) in [5, 5.41) is 87.1. The summed E-state index contributed by atoms with van der Waals surface area (Å²) in [5.41, 5.74) is 9.13. The van der Waals surface area contributed by atoms with Crippen molar-refractivity contribution in [2.45, 2.75) is 167 Å². The van der Waals surface area contributed by atoms with Crippen LogP contribution in [0.3, 0.4) is 0 Å². The second-order valence-electron chi connectivity index (χ2n) is 30.3. The Bertz CT molecular complexity index is 5010. The van der Waals surface area contributed by atoms with Gasteiger partial charge in [0.1, 0.15) is 33.8 Å². The highest BCUT2D eigenvalue weighted by atomic mass is 35.5. The number of benzene rings is 4. The number of nitrogens with one attached hydrogen (secondary N) is 3. The lowest BCUT2D eigenvalue weighted by atomic mass is 9.79. The topological polar surface area (TPSA) is 284 Å². The summed E-state index contributed by atoms with van der Waals surface area (Å²) in [6, 6.07) is 25.4. The van der Waals surface area contributed by atoms with Crippen LogP contribution in [0.5, 0.6) is 23.0 Å². The van der Waals surface area contributed by atoms with E-state index in [0.29, 0.717) is 56.2 Å². The highest BCUT2D eigenvalue weighted by Gasteiger charge is 2.41. The number of phenolic OH excluding ortho intramolecular Hbond substituents is 2. The molecule has 25 nitrogen and oxygen atoms in total. The van der Waals surface area contributed by atoms with E-state index in [2.05, 4.69) is 155 Å².